The molecule has 3 aliphatic rings. The second-order valence-corrected chi connectivity index (χ2v) is 7.05. The molecule has 0 saturated carbocycles. The zero-order chi connectivity index (χ0) is 14.1. The maximum absolute atomic E-state index is 12.7. The van der Waals surface area contributed by atoms with Crippen LogP contribution in [0.4, 0.5) is 0 Å². The van der Waals surface area contributed by atoms with Gasteiger partial charge in [0.2, 0.25) is 11.8 Å². The molecule has 1 unspecified atom stereocenters. The maximum Gasteiger partial charge on any atom is 0.246 e. The van der Waals surface area contributed by atoms with Gasteiger partial charge in [-0.3, -0.25) is 9.59 Å². The highest BCUT2D eigenvalue weighted by atomic mass is 35.5. The highest BCUT2D eigenvalue weighted by molar-refractivity contribution is 7.99. The van der Waals surface area contributed by atoms with Crippen molar-refractivity contribution in [3.8, 4) is 0 Å². The van der Waals surface area contributed by atoms with Crippen LogP contribution < -0.4 is 5.32 Å². The monoisotopic (exact) mass is 333 g/mol. The second-order valence-electron chi connectivity index (χ2n) is 6.05. The van der Waals surface area contributed by atoms with Crippen molar-refractivity contribution < 1.29 is 9.59 Å². The number of amides is 2. The molecule has 3 rings (SSSR count). The van der Waals surface area contributed by atoms with Crippen molar-refractivity contribution >= 4 is 36.0 Å². The van der Waals surface area contributed by atoms with Crippen molar-refractivity contribution in [2.45, 2.75) is 25.8 Å². The van der Waals surface area contributed by atoms with Crippen LogP contribution in [0.2, 0.25) is 0 Å². The van der Waals surface area contributed by atoms with Crippen LogP contribution in [0.15, 0.2) is 0 Å². The summed E-state index contributed by atoms with van der Waals surface area (Å²) in [5.41, 5.74) is 0. The number of nitrogens with zero attached hydrogens (tertiary/aromatic N) is 2. The van der Waals surface area contributed by atoms with Crippen molar-refractivity contribution in [2.75, 3.05) is 37.8 Å². The lowest BCUT2D eigenvalue weighted by molar-refractivity contribution is -0.142. The average Bonchev–Trinajstić information content (AvgIpc) is 3.12. The van der Waals surface area contributed by atoms with Crippen molar-refractivity contribution in [1.29, 1.82) is 0 Å². The van der Waals surface area contributed by atoms with Gasteiger partial charge in [0.25, 0.3) is 0 Å². The lowest BCUT2D eigenvalue weighted by Crippen LogP contribution is -2.48. The van der Waals surface area contributed by atoms with Crippen LogP contribution in [0.1, 0.15) is 19.8 Å². The van der Waals surface area contributed by atoms with Crippen LogP contribution >= 0.6 is 24.2 Å². The highest BCUT2D eigenvalue weighted by Crippen LogP contribution is 2.30. The molecular formula is C14H24ClN3O2S. The van der Waals surface area contributed by atoms with Crippen molar-refractivity contribution in [3.05, 3.63) is 0 Å². The van der Waals surface area contributed by atoms with Gasteiger partial charge in [-0.1, -0.05) is 6.92 Å². The Morgan fingerprint density at radius 3 is 2.52 bits per heavy atom. The molecule has 0 bridgehead atoms. The Hall–Kier alpha value is -0.460. The van der Waals surface area contributed by atoms with E-state index in [0.29, 0.717) is 24.1 Å². The van der Waals surface area contributed by atoms with Gasteiger partial charge in [-0.2, -0.15) is 0 Å². The number of hydrogen-bond donors (Lipinski definition) is 1. The molecule has 0 radical (unpaired) electrons. The number of hydrogen-bond acceptors (Lipinski definition) is 4. The molecule has 2 amide bonds. The minimum Gasteiger partial charge on any atom is -0.340 e. The van der Waals surface area contributed by atoms with Gasteiger partial charge in [0, 0.05) is 38.4 Å². The topological polar surface area (TPSA) is 52.7 Å². The zero-order valence-electron chi connectivity index (χ0n) is 12.4. The van der Waals surface area contributed by atoms with Crippen LogP contribution in [0.25, 0.3) is 0 Å². The second kappa shape index (κ2) is 7.20. The van der Waals surface area contributed by atoms with Crippen LogP contribution in [0.5, 0.6) is 0 Å². The third-order valence-electron chi connectivity index (χ3n) is 4.65. The Balaban J connectivity index is 0.00000161. The molecule has 5 nitrogen and oxygen atoms in total. The minimum atomic E-state index is -0.217. The van der Waals surface area contributed by atoms with Crippen molar-refractivity contribution in [3.63, 3.8) is 0 Å². The SMILES string of the molecule is CCCC(=O)N1CSCC1C(=O)N1C[C@H]2CNC[C@H]2C1.Cl. The van der Waals surface area contributed by atoms with Gasteiger partial charge in [-0.05, 0) is 18.3 Å². The molecule has 21 heavy (non-hydrogen) atoms. The summed E-state index contributed by atoms with van der Waals surface area (Å²) in [6.07, 6.45) is 1.40. The summed E-state index contributed by atoms with van der Waals surface area (Å²) < 4.78 is 0. The summed E-state index contributed by atoms with van der Waals surface area (Å²) >= 11 is 1.70. The summed E-state index contributed by atoms with van der Waals surface area (Å²) in [5, 5.41) is 3.39. The highest BCUT2D eigenvalue weighted by Gasteiger charge is 2.43. The average molecular weight is 334 g/mol. The summed E-state index contributed by atoms with van der Waals surface area (Å²) in [6.45, 7) is 5.81. The van der Waals surface area contributed by atoms with E-state index in [0.717, 1.165) is 38.4 Å². The Morgan fingerprint density at radius 1 is 1.24 bits per heavy atom. The van der Waals surface area contributed by atoms with E-state index in [4.69, 9.17) is 0 Å². The van der Waals surface area contributed by atoms with E-state index in [1.165, 1.54) is 0 Å². The molecule has 0 aromatic carbocycles. The molecule has 3 atom stereocenters. The number of nitrogens with one attached hydrogen (secondary N) is 1. The predicted octanol–water partition coefficient (Wildman–Crippen LogP) is 0.788. The number of carbonyl (C=O) groups excluding carboxylic acids is 2. The molecule has 7 heteroatoms. The molecular weight excluding hydrogens is 310 g/mol. The molecule has 3 fully saturated rings. The number of likely N-dealkylation sites (tertiary alicyclic amines) is 1. The van der Waals surface area contributed by atoms with Gasteiger partial charge >= 0.3 is 0 Å². The molecule has 0 aliphatic carbocycles. The van der Waals surface area contributed by atoms with Gasteiger partial charge in [-0.15, -0.1) is 24.2 Å². The normalized spacial score (nSPS) is 31.2. The lowest BCUT2D eigenvalue weighted by atomic mass is 10.0. The number of carbonyl (C=O) groups is 2. The Kier molecular flexibility index (Phi) is 5.80. The summed E-state index contributed by atoms with van der Waals surface area (Å²) in [5.74, 6) is 2.99. The third-order valence-corrected chi connectivity index (χ3v) is 5.66. The van der Waals surface area contributed by atoms with Gasteiger partial charge in [0.05, 0.1) is 5.88 Å². The van der Waals surface area contributed by atoms with Gasteiger partial charge in [0.15, 0.2) is 0 Å². The largest absolute Gasteiger partial charge is 0.340 e. The molecule has 0 spiro atoms. The smallest absolute Gasteiger partial charge is 0.246 e. The number of rotatable bonds is 3. The van der Waals surface area contributed by atoms with E-state index in [2.05, 4.69) is 5.32 Å². The number of fused-ring (bicyclic) bond motifs is 1. The van der Waals surface area contributed by atoms with Gasteiger partial charge in [0.1, 0.15) is 6.04 Å². The molecule has 0 aromatic heterocycles. The molecule has 120 valence electrons. The quantitative estimate of drug-likeness (QED) is 0.829. The van der Waals surface area contributed by atoms with E-state index in [1.54, 1.807) is 16.7 Å². The first kappa shape index (κ1) is 16.9. The first-order valence-electron chi connectivity index (χ1n) is 7.57. The van der Waals surface area contributed by atoms with Crippen LogP contribution in [0.3, 0.4) is 0 Å². The lowest BCUT2D eigenvalue weighted by Gasteiger charge is -2.27. The van der Waals surface area contributed by atoms with Crippen molar-refractivity contribution in [2.24, 2.45) is 11.8 Å². The standard InChI is InChI=1S/C14H23N3O2S.ClH/c1-2-3-13(18)17-9-20-8-12(17)14(19)16-6-10-4-15-5-11(10)7-16;/h10-12,15H,2-9H2,1H3;1H/t10-,11+,12?;. The summed E-state index contributed by atoms with van der Waals surface area (Å²) in [6, 6.07) is -0.217. The van der Waals surface area contributed by atoms with Crippen molar-refractivity contribution in [1.82, 2.24) is 15.1 Å². The fourth-order valence-corrected chi connectivity index (χ4v) is 4.67. The Labute approximate surface area is 136 Å². The fraction of sp³-hybridized carbons (Fsp3) is 0.857. The van der Waals surface area contributed by atoms with Gasteiger partial charge in [-0.25, -0.2) is 0 Å². The molecule has 1 N–H and O–H groups in total. The molecule has 3 aliphatic heterocycles. The van der Waals surface area contributed by atoms with Crippen LogP contribution in [0, 0.1) is 11.8 Å². The molecule has 3 heterocycles. The van der Waals surface area contributed by atoms with E-state index in [1.807, 2.05) is 11.8 Å². The van der Waals surface area contributed by atoms with E-state index in [9.17, 15) is 9.59 Å². The Morgan fingerprint density at radius 2 is 1.90 bits per heavy atom. The van der Waals surface area contributed by atoms with Gasteiger partial charge < -0.3 is 15.1 Å². The summed E-state index contributed by atoms with van der Waals surface area (Å²) in [4.78, 5) is 28.6. The summed E-state index contributed by atoms with van der Waals surface area (Å²) in [7, 11) is 0. The predicted molar refractivity (Wildman–Crippen MR) is 86.5 cm³/mol. The molecule has 0 aromatic rings. The first-order chi connectivity index (χ1) is 9.70. The van der Waals surface area contributed by atoms with Crippen LogP contribution in [-0.2, 0) is 9.59 Å². The van der Waals surface area contributed by atoms with E-state index >= 15 is 0 Å². The van der Waals surface area contributed by atoms with E-state index in [-0.39, 0.29) is 30.3 Å². The minimum absolute atomic E-state index is 0. The Bertz CT molecular complexity index is 398. The van der Waals surface area contributed by atoms with Crippen LogP contribution in [-0.4, -0.2) is 65.5 Å². The third kappa shape index (κ3) is 3.32. The molecule has 3 saturated heterocycles. The maximum atomic E-state index is 12.7. The fourth-order valence-electron chi connectivity index (χ4n) is 3.50. The number of halogens is 1. The zero-order valence-corrected chi connectivity index (χ0v) is 14.0. The van der Waals surface area contributed by atoms with E-state index < -0.39 is 0 Å². The first-order valence-corrected chi connectivity index (χ1v) is 8.73. The number of thioether (sulfide) groups is 1.